The summed E-state index contributed by atoms with van der Waals surface area (Å²) in [4.78, 5) is 27.6. The number of anilines is 2. The molecule has 0 aliphatic carbocycles. The molecule has 0 bridgehead atoms. The van der Waals surface area contributed by atoms with Crippen LogP contribution in [-0.2, 0) is 16.0 Å². The molecule has 3 rings (SSSR count). The molecule has 0 atom stereocenters. The van der Waals surface area contributed by atoms with Crippen LogP contribution in [0.4, 0.5) is 15.2 Å². The summed E-state index contributed by atoms with van der Waals surface area (Å²) >= 11 is 4.43. The van der Waals surface area contributed by atoms with E-state index in [0.29, 0.717) is 20.9 Å². The van der Waals surface area contributed by atoms with Gasteiger partial charge in [0.25, 0.3) is 0 Å². The van der Waals surface area contributed by atoms with Crippen molar-refractivity contribution < 1.29 is 14.0 Å². The third-order valence-electron chi connectivity index (χ3n) is 3.60. The zero-order valence-electron chi connectivity index (χ0n) is 14.3. The molecule has 1 heterocycles. The first-order valence-corrected chi connectivity index (χ1v) is 9.65. The van der Waals surface area contributed by atoms with Crippen molar-refractivity contribution >= 4 is 49.9 Å². The minimum atomic E-state index is -0.367. The summed E-state index contributed by atoms with van der Waals surface area (Å²) in [5.74, 6) is -0.724. The second-order valence-electron chi connectivity index (χ2n) is 5.77. The summed E-state index contributed by atoms with van der Waals surface area (Å²) in [5, 5.41) is 7.79. The Hall–Kier alpha value is -2.58. The highest BCUT2D eigenvalue weighted by Gasteiger charge is 2.10. The Kier molecular flexibility index (Phi) is 5.98. The van der Waals surface area contributed by atoms with Crippen LogP contribution in [0.3, 0.4) is 0 Å². The Balaban J connectivity index is 1.64. The van der Waals surface area contributed by atoms with Crippen molar-refractivity contribution in [1.82, 2.24) is 4.98 Å². The van der Waals surface area contributed by atoms with Gasteiger partial charge in [0.05, 0.1) is 16.6 Å². The molecule has 0 aliphatic heterocycles. The number of hydrogen-bond donors (Lipinski definition) is 2. The number of nitrogens with one attached hydrogen (secondary N) is 2. The summed E-state index contributed by atoms with van der Waals surface area (Å²) in [6.07, 6.45) is 0.124. The lowest BCUT2D eigenvalue weighted by Crippen LogP contribution is -2.14. The van der Waals surface area contributed by atoms with Crippen molar-refractivity contribution in [3.8, 4) is 11.3 Å². The standard InChI is InChI=1S/C19H15BrFN3O2S/c1-11(25)22-14-5-3-13(4-6-14)17-10-27-19(23-17)24-18(26)9-12-2-7-16(21)15(20)8-12/h2-8,10H,9H2,1H3,(H,22,25)(H,23,24,26). The van der Waals surface area contributed by atoms with Gasteiger partial charge in [-0.05, 0) is 45.8 Å². The lowest BCUT2D eigenvalue weighted by Gasteiger charge is -2.04. The maximum absolute atomic E-state index is 13.3. The van der Waals surface area contributed by atoms with E-state index in [2.05, 4.69) is 31.5 Å². The summed E-state index contributed by atoms with van der Waals surface area (Å²) in [6, 6.07) is 11.8. The summed E-state index contributed by atoms with van der Waals surface area (Å²) in [7, 11) is 0. The molecular formula is C19H15BrFN3O2S. The molecule has 0 radical (unpaired) electrons. The Morgan fingerprint density at radius 3 is 2.56 bits per heavy atom. The first kappa shape index (κ1) is 19.2. The smallest absolute Gasteiger partial charge is 0.230 e. The van der Waals surface area contributed by atoms with Crippen molar-refractivity contribution in [2.24, 2.45) is 0 Å². The molecule has 1 aromatic heterocycles. The Labute approximate surface area is 167 Å². The fourth-order valence-electron chi connectivity index (χ4n) is 2.39. The summed E-state index contributed by atoms with van der Waals surface area (Å²) in [5.41, 5.74) is 3.02. The third kappa shape index (κ3) is 5.21. The predicted octanol–water partition coefficient (Wildman–Crippen LogP) is 4.85. The number of nitrogens with zero attached hydrogens (tertiary/aromatic N) is 1. The van der Waals surface area contributed by atoms with Gasteiger partial charge in [-0.2, -0.15) is 0 Å². The van der Waals surface area contributed by atoms with Crippen LogP contribution in [-0.4, -0.2) is 16.8 Å². The molecule has 0 saturated heterocycles. The quantitative estimate of drug-likeness (QED) is 0.586. The van der Waals surface area contributed by atoms with E-state index in [1.165, 1.54) is 24.3 Å². The Morgan fingerprint density at radius 2 is 1.89 bits per heavy atom. The van der Waals surface area contributed by atoms with E-state index in [9.17, 15) is 14.0 Å². The summed E-state index contributed by atoms with van der Waals surface area (Å²) < 4.78 is 13.6. The number of thiazole rings is 1. The Bertz CT molecular complexity index is 989. The molecule has 3 aromatic rings. The fourth-order valence-corrected chi connectivity index (χ4v) is 3.55. The van der Waals surface area contributed by atoms with Crippen molar-refractivity contribution in [3.63, 3.8) is 0 Å². The third-order valence-corrected chi connectivity index (χ3v) is 4.97. The van der Waals surface area contributed by atoms with Crippen molar-refractivity contribution in [2.75, 3.05) is 10.6 Å². The molecule has 0 spiro atoms. The van der Waals surface area contributed by atoms with Crippen LogP contribution in [0.15, 0.2) is 52.3 Å². The van der Waals surface area contributed by atoms with E-state index in [1.54, 1.807) is 24.3 Å². The van der Waals surface area contributed by atoms with Gasteiger partial charge in [-0.1, -0.05) is 18.2 Å². The minimum Gasteiger partial charge on any atom is -0.326 e. The molecule has 0 saturated carbocycles. The first-order chi connectivity index (χ1) is 12.9. The number of aromatic nitrogens is 1. The second-order valence-corrected chi connectivity index (χ2v) is 7.48. The van der Waals surface area contributed by atoms with Crippen molar-refractivity contribution in [3.05, 3.63) is 63.7 Å². The zero-order valence-corrected chi connectivity index (χ0v) is 16.7. The molecule has 8 heteroatoms. The maximum Gasteiger partial charge on any atom is 0.230 e. The van der Waals surface area contributed by atoms with Crippen LogP contribution >= 0.6 is 27.3 Å². The van der Waals surface area contributed by atoms with Gasteiger partial charge in [-0.15, -0.1) is 11.3 Å². The monoisotopic (exact) mass is 447 g/mol. The molecule has 138 valence electrons. The van der Waals surface area contributed by atoms with Gasteiger partial charge in [-0.3, -0.25) is 9.59 Å². The summed E-state index contributed by atoms with van der Waals surface area (Å²) in [6.45, 7) is 1.45. The van der Waals surface area contributed by atoms with Crippen LogP contribution in [0.1, 0.15) is 12.5 Å². The molecule has 2 aromatic carbocycles. The van der Waals surface area contributed by atoms with Crippen LogP contribution in [0.25, 0.3) is 11.3 Å². The van der Waals surface area contributed by atoms with Crippen LogP contribution < -0.4 is 10.6 Å². The molecule has 27 heavy (non-hydrogen) atoms. The zero-order chi connectivity index (χ0) is 19.4. The normalized spacial score (nSPS) is 10.5. The maximum atomic E-state index is 13.3. The van der Waals surface area contributed by atoms with E-state index in [1.807, 2.05) is 17.5 Å². The molecule has 2 N–H and O–H groups in total. The second kappa shape index (κ2) is 8.41. The fraction of sp³-hybridized carbons (Fsp3) is 0.105. The van der Waals surface area contributed by atoms with Crippen molar-refractivity contribution in [1.29, 1.82) is 0 Å². The number of amides is 2. The number of benzene rings is 2. The van der Waals surface area contributed by atoms with Crippen LogP contribution in [0.2, 0.25) is 0 Å². The number of hydrogen-bond acceptors (Lipinski definition) is 4. The van der Waals surface area contributed by atoms with E-state index in [4.69, 9.17) is 0 Å². The number of rotatable bonds is 5. The SMILES string of the molecule is CC(=O)Nc1ccc(-c2csc(NC(=O)Cc3ccc(F)c(Br)c3)n2)cc1. The highest BCUT2D eigenvalue weighted by atomic mass is 79.9. The predicted molar refractivity (Wildman–Crippen MR) is 108 cm³/mol. The van der Waals surface area contributed by atoms with Gasteiger partial charge >= 0.3 is 0 Å². The van der Waals surface area contributed by atoms with Gasteiger partial charge in [0.1, 0.15) is 5.82 Å². The van der Waals surface area contributed by atoms with Crippen LogP contribution in [0, 0.1) is 5.82 Å². The number of carbonyl (C=O) groups excluding carboxylic acids is 2. The van der Waals surface area contributed by atoms with Crippen LogP contribution in [0.5, 0.6) is 0 Å². The van der Waals surface area contributed by atoms with E-state index >= 15 is 0 Å². The highest BCUT2D eigenvalue weighted by Crippen LogP contribution is 2.26. The number of carbonyl (C=O) groups is 2. The molecule has 0 fully saturated rings. The molecular weight excluding hydrogens is 433 g/mol. The number of halogens is 2. The topological polar surface area (TPSA) is 71.1 Å². The van der Waals surface area contributed by atoms with Gasteiger partial charge in [0.2, 0.25) is 11.8 Å². The van der Waals surface area contributed by atoms with Gasteiger partial charge in [0.15, 0.2) is 5.13 Å². The first-order valence-electron chi connectivity index (χ1n) is 7.98. The van der Waals surface area contributed by atoms with Gasteiger partial charge < -0.3 is 10.6 Å². The van der Waals surface area contributed by atoms with E-state index in [-0.39, 0.29) is 24.1 Å². The Morgan fingerprint density at radius 1 is 1.15 bits per heavy atom. The minimum absolute atomic E-state index is 0.124. The molecule has 2 amide bonds. The molecule has 5 nitrogen and oxygen atoms in total. The molecule has 0 aliphatic rings. The highest BCUT2D eigenvalue weighted by molar-refractivity contribution is 9.10. The molecule has 0 unspecified atom stereocenters. The van der Waals surface area contributed by atoms with Gasteiger partial charge in [-0.25, -0.2) is 9.37 Å². The van der Waals surface area contributed by atoms with Crippen molar-refractivity contribution in [2.45, 2.75) is 13.3 Å². The lowest BCUT2D eigenvalue weighted by atomic mass is 10.1. The average molecular weight is 448 g/mol. The lowest BCUT2D eigenvalue weighted by molar-refractivity contribution is -0.116. The average Bonchev–Trinajstić information content (AvgIpc) is 3.06. The van der Waals surface area contributed by atoms with E-state index in [0.717, 1.165) is 11.3 Å². The van der Waals surface area contributed by atoms with Gasteiger partial charge in [0, 0.05) is 23.6 Å². The largest absolute Gasteiger partial charge is 0.326 e. The van der Waals surface area contributed by atoms with E-state index < -0.39 is 0 Å².